The van der Waals surface area contributed by atoms with Crippen LogP contribution in [-0.2, 0) is 47.6 Å². The van der Waals surface area contributed by atoms with Gasteiger partial charge in [0.05, 0.1) is 21.3 Å². The molecule has 1 aromatic heterocycles. The maximum atomic E-state index is 13.5. The number of methoxy groups -OCH3 is 3. The van der Waals surface area contributed by atoms with Gasteiger partial charge in [0, 0.05) is 29.8 Å². The number of hydrogen-bond donors (Lipinski definition) is 12. The number of benzene rings is 3. The fraction of sp³-hybridized carbons (Fsp3) is 0.400. The number of aromatic hydroxyl groups is 3. The summed E-state index contributed by atoms with van der Waals surface area (Å²) in [7, 11) is 3.71. The van der Waals surface area contributed by atoms with Gasteiger partial charge in [0.25, 0.3) is 0 Å². The monoisotopic (exact) mass is 1030 g/mol. The van der Waals surface area contributed by atoms with Crippen molar-refractivity contribution in [2.45, 2.75) is 92.1 Å². The molecule has 394 valence electrons. The van der Waals surface area contributed by atoms with Crippen LogP contribution < -0.4 is 24.4 Å². The minimum absolute atomic E-state index is 0.00169. The summed E-state index contributed by atoms with van der Waals surface area (Å²) in [4.78, 5) is 63.9. The molecule has 28 heteroatoms. The lowest BCUT2D eigenvalue weighted by atomic mass is 9.95. The van der Waals surface area contributed by atoms with E-state index in [9.17, 15) is 85.3 Å². The summed E-state index contributed by atoms with van der Waals surface area (Å²) in [5.41, 5.74) is -0.936. The molecule has 0 bridgehead atoms. The molecule has 0 saturated carbocycles. The van der Waals surface area contributed by atoms with Crippen LogP contribution in [0.4, 0.5) is 0 Å². The van der Waals surface area contributed by atoms with Gasteiger partial charge in [0.2, 0.25) is 12.0 Å². The first kappa shape index (κ1) is 53.4. The first-order valence-corrected chi connectivity index (χ1v) is 21.3. The van der Waals surface area contributed by atoms with E-state index in [1.165, 1.54) is 51.7 Å². The topological polar surface area (TPSA) is 434 Å². The molecule has 15 atom stereocenters. The number of phenols is 3. The van der Waals surface area contributed by atoms with Gasteiger partial charge < -0.3 is 113 Å². The third-order valence-corrected chi connectivity index (χ3v) is 11.6. The first-order valence-electron chi connectivity index (χ1n) is 21.3. The van der Waals surface area contributed by atoms with E-state index in [0.29, 0.717) is 0 Å². The number of esters is 1. The zero-order chi connectivity index (χ0) is 53.3. The zero-order valence-electron chi connectivity index (χ0n) is 37.8. The van der Waals surface area contributed by atoms with Gasteiger partial charge in [-0.25, -0.2) is 19.2 Å². The minimum atomic E-state index is -2.55. The molecule has 28 nitrogen and oxygen atoms in total. The van der Waals surface area contributed by atoms with Crippen molar-refractivity contribution in [2.24, 2.45) is 0 Å². The zero-order valence-corrected chi connectivity index (χ0v) is 37.8. The second-order valence-electron chi connectivity index (χ2n) is 16.2. The smallest absolute Gasteiger partial charge is 0.335 e. The average molecular weight is 1030 g/mol. The van der Waals surface area contributed by atoms with Crippen molar-refractivity contribution in [2.75, 3.05) is 21.3 Å². The summed E-state index contributed by atoms with van der Waals surface area (Å²) in [6, 6.07) is 9.16. The fourth-order valence-corrected chi connectivity index (χ4v) is 7.93. The summed E-state index contributed by atoms with van der Waals surface area (Å²) in [6.07, 6.45) is -34.0. The van der Waals surface area contributed by atoms with E-state index in [1.54, 1.807) is 0 Å². The molecular weight excluding hydrogens is 988 g/mol. The van der Waals surface area contributed by atoms with Crippen LogP contribution in [0.25, 0.3) is 28.4 Å². The average Bonchev–Trinajstić information content (AvgIpc) is 3.34. The molecule has 3 saturated heterocycles. The lowest BCUT2D eigenvalue weighted by molar-refractivity contribution is -0.377. The molecule has 3 aromatic carbocycles. The lowest BCUT2D eigenvalue weighted by Gasteiger charge is -2.48. The van der Waals surface area contributed by atoms with Crippen LogP contribution >= 0.6 is 0 Å². The summed E-state index contributed by atoms with van der Waals surface area (Å²) >= 11 is 0. The summed E-state index contributed by atoms with van der Waals surface area (Å²) in [5.74, 6) is -9.63. The Morgan fingerprint density at radius 2 is 1.14 bits per heavy atom. The molecule has 4 heterocycles. The van der Waals surface area contributed by atoms with E-state index in [0.717, 1.165) is 30.4 Å². The standard InChI is InChI=1S/C45H46O28/c1-63-21-8-14(4-6-17(21)46)5-7-25(49)68-38-31(54)30(53)36(41(59)60)71-44(38)73-39-34(69-43-32(55)28(51)29(52)35(70-43)40(57)58)33(56)37(42(61)62)72-45(39)66-16-11-18(47)26-19(48)13-20(67-22(26)12-16)15-9-23(64-2)27(50)24(10-15)65-3/h4-13,28-39,43-47,50-56H,1-3H3,(H,57,58)(H,59,60)(H,61,62)/b7-5+. The highest BCUT2D eigenvalue weighted by Crippen LogP contribution is 2.42. The van der Waals surface area contributed by atoms with Crippen molar-refractivity contribution in [1.29, 1.82) is 0 Å². The summed E-state index contributed by atoms with van der Waals surface area (Å²) in [6.45, 7) is 0. The van der Waals surface area contributed by atoms with Crippen molar-refractivity contribution < 1.29 is 132 Å². The van der Waals surface area contributed by atoms with Gasteiger partial charge in [-0.1, -0.05) is 6.07 Å². The van der Waals surface area contributed by atoms with Gasteiger partial charge in [-0.15, -0.1) is 0 Å². The molecule has 0 spiro atoms. The highest BCUT2D eigenvalue weighted by atomic mass is 16.8. The third-order valence-electron chi connectivity index (χ3n) is 11.6. The van der Waals surface area contributed by atoms with E-state index in [1.807, 2.05) is 0 Å². The van der Waals surface area contributed by atoms with Gasteiger partial charge in [0.1, 0.15) is 71.0 Å². The van der Waals surface area contributed by atoms with Crippen molar-refractivity contribution in [1.82, 2.24) is 0 Å². The molecule has 15 unspecified atom stereocenters. The van der Waals surface area contributed by atoms with E-state index >= 15 is 0 Å². The van der Waals surface area contributed by atoms with Crippen molar-refractivity contribution in [3.8, 4) is 51.6 Å². The Kier molecular flexibility index (Phi) is 16.0. The van der Waals surface area contributed by atoms with Crippen molar-refractivity contribution in [3.63, 3.8) is 0 Å². The fourth-order valence-electron chi connectivity index (χ4n) is 7.93. The molecule has 0 radical (unpaired) electrons. The van der Waals surface area contributed by atoms with Crippen LogP contribution in [0.15, 0.2) is 63.8 Å². The van der Waals surface area contributed by atoms with Crippen LogP contribution in [0.5, 0.6) is 40.2 Å². The van der Waals surface area contributed by atoms with Gasteiger partial charge in [-0.2, -0.15) is 0 Å². The number of carbonyl (C=O) groups is 4. The minimum Gasteiger partial charge on any atom is -0.507 e. The van der Waals surface area contributed by atoms with Crippen LogP contribution in [-0.4, -0.2) is 199 Å². The number of aliphatic hydroxyl groups is 6. The Bertz CT molecular complexity index is 2780. The Balaban J connectivity index is 1.32. The van der Waals surface area contributed by atoms with Gasteiger partial charge in [-0.05, 0) is 35.9 Å². The number of aliphatic carboxylic acids is 3. The van der Waals surface area contributed by atoms with Gasteiger partial charge in [-0.3, -0.25) is 4.79 Å². The Labute approximate surface area is 408 Å². The molecule has 12 N–H and O–H groups in total. The molecular formula is C45H46O28. The Hall–Kier alpha value is -7.35. The maximum absolute atomic E-state index is 13.5. The molecule has 0 aliphatic carbocycles. The Morgan fingerprint density at radius 1 is 0.575 bits per heavy atom. The predicted octanol–water partition coefficient (Wildman–Crippen LogP) is -2.03. The normalized spacial score (nSPS) is 30.3. The number of carboxylic acids is 3. The lowest BCUT2D eigenvalue weighted by Crippen LogP contribution is -2.68. The van der Waals surface area contributed by atoms with Crippen LogP contribution in [0.3, 0.4) is 0 Å². The second kappa shape index (κ2) is 21.8. The molecule has 4 aromatic rings. The number of fused-ring (bicyclic) bond motifs is 1. The highest BCUT2D eigenvalue weighted by Gasteiger charge is 2.58. The van der Waals surface area contributed by atoms with Crippen LogP contribution in [0.1, 0.15) is 5.56 Å². The number of hydrogen-bond acceptors (Lipinski definition) is 25. The number of phenolic OH excluding ortho intramolecular Hbond substituents is 3. The quantitative estimate of drug-likeness (QED) is 0.0425. The number of ether oxygens (including phenoxy) is 10. The first-order chi connectivity index (χ1) is 34.6. The summed E-state index contributed by atoms with van der Waals surface area (Å²) < 4.78 is 60.9. The molecule has 0 amide bonds. The van der Waals surface area contributed by atoms with Gasteiger partial charge >= 0.3 is 23.9 Å². The molecule has 3 aliphatic heterocycles. The maximum Gasteiger partial charge on any atom is 0.335 e. The van der Waals surface area contributed by atoms with E-state index in [4.69, 9.17) is 51.8 Å². The second-order valence-corrected chi connectivity index (χ2v) is 16.2. The highest BCUT2D eigenvalue weighted by molar-refractivity contribution is 5.88. The van der Waals surface area contributed by atoms with E-state index < -0.39 is 150 Å². The SMILES string of the molecule is COc1cc(/C=C/C(=O)OC2C(OC3C(Oc4cc(O)c5c(=O)cc(-c6cc(OC)c(O)c(OC)c6)oc5c4)OC(C(=O)O)C(O)C3OC3OC(C(=O)O)C(O)C(O)C3O)OC(C(=O)O)C(O)C2O)ccc1O. The van der Waals surface area contributed by atoms with Crippen LogP contribution in [0, 0.1) is 0 Å². The Morgan fingerprint density at radius 3 is 1.74 bits per heavy atom. The molecule has 7 rings (SSSR count). The van der Waals surface area contributed by atoms with E-state index in [2.05, 4.69) is 0 Å². The number of aliphatic hydroxyl groups excluding tert-OH is 6. The number of carbonyl (C=O) groups excluding carboxylic acids is 1. The van der Waals surface area contributed by atoms with Gasteiger partial charge in [0.15, 0.2) is 71.5 Å². The summed E-state index contributed by atoms with van der Waals surface area (Å²) in [5, 5.41) is 127. The van der Waals surface area contributed by atoms with Crippen LogP contribution in [0.2, 0.25) is 0 Å². The van der Waals surface area contributed by atoms with Crippen molar-refractivity contribution >= 4 is 40.9 Å². The molecule has 3 aliphatic rings. The third kappa shape index (κ3) is 10.9. The molecule has 3 fully saturated rings. The predicted molar refractivity (Wildman–Crippen MR) is 233 cm³/mol. The van der Waals surface area contributed by atoms with E-state index in [-0.39, 0.29) is 39.9 Å². The molecule has 73 heavy (non-hydrogen) atoms. The largest absolute Gasteiger partial charge is 0.507 e. The number of rotatable bonds is 16. The van der Waals surface area contributed by atoms with Crippen molar-refractivity contribution in [3.05, 3.63) is 70.4 Å². The number of carboxylic acid groups (broad SMARTS) is 3.